The first-order valence-electron chi connectivity index (χ1n) is 7.23. The van der Waals surface area contributed by atoms with Crippen LogP contribution in [0.1, 0.15) is 19.3 Å². The van der Waals surface area contributed by atoms with Crippen molar-refractivity contribution in [1.82, 2.24) is 10.2 Å². The van der Waals surface area contributed by atoms with Gasteiger partial charge in [-0.25, -0.2) is 0 Å². The maximum absolute atomic E-state index is 12.2. The molecule has 21 heavy (non-hydrogen) atoms. The van der Waals surface area contributed by atoms with Gasteiger partial charge in [0, 0.05) is 18.3 Å². The van der Waals surface area contributed by atoms with Crippen molar-refractivity contribution in [3.05, 3.63) is 28.2 Å². The van der Waals surface area contributed by atoms with E-state index in [4.69, 9.17) is 23.2 Å². The van der Waals surface area contributed by atoms with Crippen molar-refractivity contribution >= 4 is 34.8 Å². The van der Waals surface area contributed by atoms with E-state index in [2.05, 4.69) is 15.5 Å². The van der Waals surface area contributed by atoms with Crippen LogP contribution in [-0.4, -0.2) is 43.5 Å². The number of amides is 1. The fourth-order valence-electron chi connectivity index (χ4n) is 2.69. The zero-order chi connectivity index (χ0) is 15.2. The van der Waals surface area contributed by atoms with Gasteiger partial charge in [-0.15, -0.1) is 0 Å². The summed E-state index contributed by atoms with van der Waals surface area (Å²) in [6.07, 6.45) is 3.53. The highest BCUT2D eigenvalue weighted by Crippen LogP contribution is 2.25. The molecule has 1 aromatic carbocycles. The number of likely N-dealkylation sites (N-methyl/N-ethyl adjacent to an activating group) is 1. The Hall–Kier alpha value is -0.810. The number of hydrogen-bond acceptors (Lipinski definition) is 3. The number of rotatable bonds is 5. The van der Waals surface area contributed by atoms with Gasteiger partial charge in [-0.3, -0.25) is 9.69 Å². The van der Waals surface area contributed by atoms with Crippen molar-refractivity contribution in [2.24, 2.45) is 0 Å². The van der Waals surface area contributed by atoms with Gasteiger partial charge in [-0.2, -0.15) is 0 Å². The van der Waals surface area contributed by atoms with E-state index in [1.54, 1.807) is 18.2 Å². The molecule has 1 atom stereocenters. The largest absolute Gasteiger partial charge is 0.325 e. The molecule has 1 aromatic rings. The van der Waals surface area contributed by atoms with Crippen LogP contribution in [0.5, 0.6) is 0 Å². The van der Waals surface area contributed by atoms with Crippen LogP contribution < -0.4 is 10.6 Å². The number of nitrogens with one attached hydrogen (secondary N) is 2. The molecule has 0 bridgehead atoms. The summed E-state index contributed by atoms with van der Waals surface area (Å²) in [5.41, 5.74) is 0.677. The summed E-state index contributed by atoms with van der Waals surface area (Å²) in [5.74, 6) is -0.0172. The van der Waals surface area contributed by atoms with E-state index in [0.29, 0.717) is 28.3 Å². The molecule has 1 fully saturated rings. The number of piperidine rings is 1. The Bertz CT molecular complexity index is 494. The molecule has 4 nitrogen and oxygen atoms in total. The van der Waals surface area contributed by atoms with Crippen molar-refractivity contribution in [2.75, 3.05) is 32.0 Å². The van der Waals surface area contributed by atoms with E-state index in [1.165, 1.54) is 6.42 Å². The van der Waals surface area contributed by atoms with Crippen molar-refractivity contribution in [3.63, 3.8) is 0 Å². The Morgan fingerprint density at radius 2 is 2.14 bits per heavy atom. The third-order valence-electron chi connectivity index (χ3n) is 3.74. The first-order chi connectivity index (χ1) is 10.1. The molecule has 0 aliphatic carbocycles. The van der Waals surface area contributed by atoms with Crippen LogP contribution in [0.3, 0.4) is 0 Å². The van der Waals surface area contributed by atoms with Crippen LogP contribution in [0.4, 0.5) is 5.69 Å². The van der Waals surface area contributed by atoms with Gasteiger partial charge >= 0.3 is 0 Å². The van der Waals surface area contributed by atoms with Crippen LogP contribution >= 0.6 is 23.2 Å². The van der Waals surface area contributed by atoms with E-state index >= 15 is 0 Å². The standard InChI is InChI=1S/C15H21Cl2N3O/c1-18-9-12-4-2-3-7-20(12)10-15(21)19-11-5-6-13(16)14(17)8-11/h5-6,8,12,18H,2-4,7,9-10H2,1H3,(H,19,21). The highest BCUT2D eigenvalue weighted by Gasteiger charge is 2.23. The van der Waals surface area contributed by atoms with Crippen molar-refractivity contribution < 1.29 is 4.79 Å². The average molecular weight is 330 g/mol. The van der Waals surface area contributed by atoms with E-state index in [1.807, 2.05) is 7.05 Å². The van der Waals surface area contributed by atoms with Gasteiger partial charge in [0.05, 0.1) is 16.6 Å². The predicted octanol–water partition coefficient (Wildman–Crippen LogP) is 3.01. The number of likely N-dealkylation sites (tertiary alicyclic amines) is 1. The van der Waals surface area contributed by atoms with Gasteiger partial charge in [-0.1, -0.05) is 29.6 Å². The third kappa shape index (κ3) is 4.85. The maximum Gasteiger partial charge on any atom is 0.238 e. The predicted molar refractivity (Wildman–Crippen MR) is 88.2 cm³/mol. The molecule has 0 radical (unpaired) electrons. The second-order valence-electron chi connectivity index (χ2n) is 5.35. The van der Waals surface area contributed by atoms with Crippen molar-refractivity contribution in [1.29, 1.82) is 0 Å². The summed E-state index contributed by atoms with van der Waals surface area (Å²) < 4.78 is 0. The summed E-state index contributed by atoms with van der Waals surface area (Å²) >= 11 is 11.8. The lowest BCUT2D eigenvalue weighted by molar-refractivity contribution is -0.118. The number of benzene rings is 1. The average Bonchev–Trinajstić information content (AvgIpc) is 2.45. The first kappa shape index (κ1) is 16.6. The topological polar surface area (TPSA) is 44.4 Å². The molecule has 1 heterocycles. The van der Waals surface area contributed by atoms with Crippen molar-refractivity contribution in [2.45, 2.75) is 25.3 Å². The lowest BCUT2D eigenvalue weighted by Crippen LogP contribution is -2.47. The number of anilines is 1. The zero-order valence-corrected chi connectivity index (χ0v) is 13.7. The minimum absolute atomic E-state index is 0.0172. The molecule has 0 spiro atoms. The molecule has 1 saturated heterocycles. The van der Waals surface area contributed by atoms with Crippen LogP contribution in [-0.2, 0) is 4.79 Å². The highest BCUT2D eigenvalue weighted by atomic mass is 35.5. The zero-order valence-electron chi connectivity index (χ0n) is 12.2. The highest BCUT2D eigenvalue weighted by molar-refractivity contribution is 6.42. The molecule has 2 rings (SSSR count). The van der Waals surface area contributed by atoms with Crippen LogP contribution in [0.25, 0.3) is 0 Å². The van der Waals surface area contributed by atoms with Gasteiger partial charge < -0.3 is 10.6 Å². The molecule has 1 aliphatic heterocycles. The summed E-state index contributed by atoms with van der Waals surface area (Å²) in [6, 6.07) is 5.55. The number of nitrogens with zero attached hydrogens (tertiary/aromatic N) is 1. The summed E-state index contributed by atoms with van der Waals surface area (Å²) in [4.78, 5) is 14.4. The van der Waals surface area contributed by atoms with Crippen LogP contribution in [0.2, 0.25) is 10.0 Å². The Morgan fingerprint density at radius 3 is 2.86 bits per heavy atom. The van der Waals surface area contributed by atoms with Crippen molar-refractivity contribution in [3.8, 4) is 0 Å². The quantitative estimate of drug-likeness (QED) is 0.872. The number of carbonyl (C=O) groups is 1. The Labute approximate surface area is 135 Å². The maximum atomic E-state index is 12.2. The third-order valence-corrected chi connectivity index (χ3v) is 4.48. The summed E-state index contributed by atoms with van der Waals surface area (Å²) in [6.45, 7) is 2.30. The van der Waals surface area contributed by atoms with Gasteiger partial charge in [0.2, 0.25) is 5.91 Å². The van der Waals surface area contributed by atoms with Gasteiger partial charge in [0.15, 0.2) is 0 Å². The molecule has 1 aliphatic rings. The van der Waals surface area contributed by atoms with E-state index in [9.17, 15) is 4.79 Å². The smallest absolute Gasteiger partial charge is 0.238 e. The summed E-state index contributed by atoms with van der Waals surface area (Å²) in [5, 5.41) is 7.01. The molecule has 2 N–H and O–H groups in total. The van der Waals surface area contributed by atoms with Gasteiger partial charge in [0.25, 0.3) is 0 Å². The first-order valence-corrected chi connectivity index (χ1v) is 7.99. The fraction of sp³-hybridized carbons (Fsp3) is 0.533. The van der Waals surface area contributed by atoms with E-state index < -0.39 is 0 Å². The minimum atomic E-state index is -0.0172. The molecule has 0 aromatic heterocycles. The fourth-order valence-corrected chi connectivity index (χ4v) is 2.99. The molecule has 116 valence electrons. The second-order valence-corrected chi connectivity index (χ2v) is 6.17. The SMILES string of the molecule is CNCC1CCCCN1CC(=O)Nc1ccc(Cl)c(Cl)c1. The van der Waals surface area contributed by atoms with Gasteiger partial charge in [-0.05, 0) is 44.6 Å². The monoisotopic (exact) mass is 329 g/mol. The molecule has 1 unspecified atom stereocenters. The second kappa shape index (κ2) is 7.99. The lowest BCUT2D eigenvalue weighted by atomic mass is 10.0. The van der Waals surface area contributed by atoms with Crippen LogP contribution in [0.15, 0.2) is 18.2 Å². The number of hydrogen-bond donors (Lipinski definition) is 2. The lowest BCUT2D eigenvalue weighted by Gasteiger charge is -2.35. The molecular formula is C15H21Cl2N3O. The normalized spacial score (nSPS) is 19.5. The van der Waals surface area contributed by atoms with Gasteiger partial charge in [0.1, 0.15) is 0 Å². The number of carbonyl (C=O) groups excluding carboxylic acids is 1. The molecule has 6 heteroatoms. The van der Waals surface area contributed by atoms with Crippen LogP contribution in [0, 0.1) is 0 Å². The van der Waals surface area contributed by atoms with E-state index in [-0.39, 0.29) is 5.91 Å². The summed E-state index contributed by atoms with van der Waals surface area (Å²) in [7, 11) is 1.95. The minimum Gasteiger partial charge on any atom is -0.325 e. The molecule has 0 saturated carbocycles. The molecule has 1 amide bonds. The Morgan fingerprint density at radius 1 is 1.33 bits per heavy atom. The number of halogens is 2. The Kier molecular flexibility index (Phi) is 6.30. The molecular weight excluding hydrogens is 309 g/mol. The van der Waals surface area contributed by atoms with E-state index in [0.717, 1.165) is 25.9 Å². The Balaban J connectivity index is 1.92.